The second-order valence-electron chi connectivity index (χ2n) is 4.99. The molecule has 1 unspecified atom stereocenters. The molecule has 18 heavy (non-hydrogen) atoms. The third kappa shape index (κ3) is 1.85. The van der Waals surface area contributed by atoms with Gasteiger partial charge in [0.2, 0.25) is 0 Å². The van der Waals surface area contributed by atoms with E-state index in [1.54, 1.807) is 11.3 Å². The number of nitrogens with two attached hydrogens (primary N) is 1. The predicted molar refractivity (Wildman–Crippen MR) is 80.9 cm³/mol. The minimum atomic E-state index is 0.100. The van der Waals surface area contributed by atoms with Gasteiger partial charge >= 0.3 is 0 Å². The SMILES string of the molecule is NC(c1sccc1Br)C1(c2ccccc2)CCC1. The minimum absolute atomic E-state index is 0.100. The molecule has 1 fully saturated rings. The van der Waals surface area contributed by atoms with Gasteiger partial charge in [0.05, 0.1) is 0 Å². The molecule has 2 N–H and O–H groups in total. The van der Waals surface area contributed by atoms with Gasteiger partial charge in [0.1, 0.15) is 0 Å². The van der Waals surface area contributed by atoms with Crippen LogP contribution in [0.25, 0.3) is 0 Å². The van der Waals surface area contributed by atoms with Crippen LogP contribution in [0.2, 0.25) is 0 Å². The van der Waals surface area contributed by atoms with Crippen LogP contribution in [0.15, 0.2) is 46.3 Å². The maximum atomic E-state index is 6.59. The lowest BCUT2D eigenvalue weighted by atomic mass is 9.60. The number of benzene rings is 1. The molecule has 0 spiro atoms. The molecule has 1 aliphatic carbocycles. The summed E-state index contributed by atoms with van der Waals surface area (Å²) in [5.74, 6) is 0. The zero-order chi connectivity index (χ0) is 12.6. The maximum Gasteiger partial charge on any atom is 0.0499 e. The van der Waals surface area contributed by atoms with Gasteiger partial charge in [-0.15, -0.1) is 11.3 Å². The van der Waals surface area contributed by atoms with Gasteiger partial charge in [0, 0.05) is 20.8 Å². The predicted octanol–water partition coefficient (Wildman–Crippen LogP) is 4.63. The maximum absolute atomic E-state index is 6.59. The third-order valence-electron chi connectivity index (χ3n) is 4.12. The Labute approximate surface area is 120 Å². The van der Waals surface area contributed by atoms with Gasteiger partial charge in [-0.3, -0.25) is 0 Å². The number of hydrogen-bond acceptors (Lipinski definition) is 2. The average Bonchev–Trinajstić information content (AvgIpc) is 2.75. The molecule has 1 aromatic carbocycles. The molecule has 1 saturated carbocycles. The fraction of sp³-hybridized carbons (Fsp3) is 0.333. The second-order valence-corrected chi connectivity index (χ2v) is 6.79. The molecule has 0 bridgehead atoms. The Morgan fingerprint density at radius 2 is 1.89 bits per heavy atom. The standard InChI is InChI=1S/C15H16BrNS/c16-12-7-10-18-13(12)14(17)15(8-4-9-15)11-5-2-1-3-6-11/h1-3,5-7,10,14H,4,8-9,17H2. The molecule has 1 aromatic heterocycles. The largest absolute Gasteiger partial charge is 0.323 e. The molecule has 1 atom stereocenters. The van der Waals surface area contributed by atoms with Crippen molar-refractivity contribution in [3.05, 3.63) is 56.7 Å². The van der Waals surface area contributed by atoms with Crippen molar-refractivity contribution in [2.45, 2.75) is 30.7 Å². The van der Waals surface area contributed by atoms with E-state index in [1.165, 1.54) is 29.7 Å². The van der Waals surface area contributed by atoms with Crippen molar-refractivity contribution < 1.29 is 0 Å². The Morgan fingerprint density at radius 3 is 2.39 bits per heavy atom. The third-order valence-corrected chi connectivity index (χ3v) is 6.07. The summed E-state index contributed by atoms with van der Waals surface area (Å²) in [5, 5.41) is 2.11. The van der Waals surface area contributed by atoms with E-state index < -0.39 is 0 Å². The van der Waals surface area contributed by atoms with Crippen molar-refractivity contribution in [3.63, 3.8) is 0 Å². The first-order valence-electron chi connectivity index (χ1n) is 6.28. The first-order valence-corrected chi connectivity index (χ1v) is 7.95. The van der Waals surface area contributed by atoms with Crippen molar-refractivity contribution in [2.75, 3.05) is 0 Å². The van der Waals surface area contributed by atoms with Gasteiger partial charge in [-0.25, -0.2) is 0 Å². The van der Waals surface area contributed by atoms with E-state index in [4.69, 9.17) is 5.73 Å². The van der Waals surface area contributed by atoms with E-state index in [9.17, 15) is 0 Å². The van der Waals surface area contributed by atoms with Crippen molar-refractivity contribution in [1.82, 2.24) is 0 Å². The summed E-state index contributed by atoms with van der Waals surface area (Å²) in [4.78, 5) is 1.28. The number of hydrogen-bond donors (Lipinski definition) is 1. The van der Waals surface area contributed by atoms with Crippen LogP contribution in [0.5, 0.6) is 0 Å². The highest BCUT2D eigenvalue weighted by atomic mass is 79.9. The summed E-state index contributed by atoms with van der Waals surface area (Å²) in [7, 11) is 0. The van der Waals surface area contributed by atoms with Crippen LogP contribution in [0.4, 0.5) is 0 Å². The molecular formula is C15H16BrNS. The summed E-state index contributed by atoms with van der Waals surface area (Å²) in [6.07, 6.45) is 3.68. The first kappa shape index (κ1) is 12.4. The molecule has 3 rings (SSSR count). The molecular weight excluding hydrogens is 306 g/mol. The normalized spacial score (nSPS) is 19.2. The van der Waals surface area contributed by atoms with Crippen LogP contribution in [0, 0.1) is 0 Å². The summed E-state index contributed by atoms with van der Waals surface area (Å²) in [6, 6.07) is 12.9. The number of thiophene rings is 1. The summed E-state index contributed by atoms with van der Waals surface area (Å²) in [5.41, 5.74) is 8.13. The molecule has 1 heterocycles. The molecule has 0 amide bonds. The lowest BCUT2D eigenvalue weighted by Gasteiger charge is -2.46. The Bertz CT molecular complexity index is 530. The van der Waals surface area contributed by atoms with E-state index in [1.807, 2.05) is 0 Å². The van der Waals surface area contributed by atoms with E-state index in [0.29, 0.717) is 0 Å². The quantitative estimate of drug-likeness (QED) is 0.876. The molecule has 2 aromatic rings. The summed E-state index contributed by atoms with van der Waals surface area (Å²) >= 11 is 5.37. The second kappa shape index (κ2) is 4.80. The topological polar surface area (TPSA) is 26.0 Å². The monoisotopic (exact) mass is 321 g/mol. The van der Waals surface area contributed by atoms with Crippen molar-refractivity contribution >= 4 is 27.3 Å². The highest BCUT2D eigenvalue weighted by Crippen LogP contribution is 2.52. The van der Waals surface area contributed by atoms with Gasteiger partial charge < -0.3 is 5.73 Å². The van der Waals surface area contributed by atoms with Crippen LogP contribution in [-0.2, 0) is 5.41 Å². The van der Waals surface area contributed by atoms with Gasteiger partial charge in [-0.1, -0.05) is 36.8 Å². The molecule has 1 nitrogen and oxygen atoms in total. The fourth-order valence-electron chi connectivity index (χ4n) is 2.89. The molecule has 0 radical (unpaired) electrons. The van der Waals surface area contributed by atoms with Crippen LogP contribution in [-0.4, -0.2) is 0 Å². The Morgan fingerprint density at radius 1 is 1.17 bits per heavy atom. The highest BCUT2D eigenvalue weighted by molar-refractivity contribution is 9.10. The minimum Gasteiger partial charge on any atom is -0.323 e. The molecule has 1 aliphatic rings. The van der Waals surface area contributed by atoms with E-state index in [-0.39, 0.29) is 11.5 Å². The molecule has 94 valence electrons. The van der Waals surface area contributed by atoms with Crippen LogP contribution in [0.3, 0.4) is 0 Å². The van der Waals surface area contributed by atoms with Crippen molar-refractivity contribution in [1.29, 1.82) is 0 Å². The van der Waals surface area contributed by atoms with Crippen LogP contribution < -0.4 is 5.73 Å². The molecule has 3 heteroatoms. The number of rotatable bonds is 3. The zero-order valence-corrected chi connectivity index (χ0v) is 12.5. The van der Waals surface area contributed by atoms with Gasteiger partial charge in [0.15, 0.2) is 0 Å². The van der Waals surface area contributed by atoms with Gasteiger partial charge in [0.25, 0.3) is 0 Å². The van der Waals surface area contributed by atoms with Crippen LogP contribution >= 0.6 is 27.3 Å². The van der Waals surface area contributed by atoms with Crippen molar-refractivity contribution in [2.24, 2.45) is 5.73 Å². The summed E-state index contributed by atoms with van der Waals surface area (Å²) < 4.78 is 1.15. The molecule has 0 saturated heterocycles. The van der Waals surface area contributed by atoms with Crippen LogP contribution in [0.1, 0.15) is 35.7 Å². The highest BCUT2D eigenvalue weighted by Gasteiger charge is 2.45. The average molecular weight is 322 g/mol. The smallest absolute Gasteiger partial charge is 0.0499 e. The fourth-order valence-corrected chi connectivity index (χ4v) is 4.62. The van der Waals surface area contributed by atoms with E-state index >= 15 is 0 Å². The van der Waals surface area contributed by atoms with Gasteiger partial charge in [-0.05, 0) is 45.8 Å². The Hall–Kier alpha value is -0.640. The van der Waals surface area contributed by atoms with Crippen molar-refractivity contribution in [3.8, 4) is 0 Å². The van der Waals surface area contributed by atoms with E-state index in [2.05, 4.69) is 57.7 Å². The van der Waals surface area contributed by atoms with Gasteiger partial charge in [-0.2, -0.15) is 0 Å². The number of halogens is 1. The summed E-state index contributed by atoms with van der Waals surface area (Å²) in [6.45, 7) is 0. The van der Waals surface area contributed by atoms with E-state index in [0.717, 1.165) is 4.47 Å². The lowest BCUT2D eigenvalue weighted by Crippen LogP contribution is -2.44. The molecule has 0 aliphatic heterocycles. The first-order chi connectivity index (χ1) is 8.74. The zero-order valence-electron chi connectivity index (χ0n) is 10.1. The Balaban J connectivity index is 2.00. The lowest BCUT2D eigenvalue weighted by molar-refractivity contribution is 0.198. The Kier molecular flexibility index (Phi) is 3.31.